The number of ether oxygens (including phenoxy) is 1. The highest BCUT2D eigenvalue weighted by Crippen LogP contribution is 2.21. The van der Waals surface area contributed by atoms with E-state index in [1.54, 1.807) is 5.38 Å². The number of aliphatic carboxylic acids is 1. The molecule has 0 spiro atoms. The maximum Gasteiger partial charge on any atom is 0.329 e. The maximum atomic E-state index is 11.9. The van der Waals surface area contributed by atoms with Gasteiger partial charge in [0, 0.05) is 31.4 Å². The van der Waals surface area contributed by atoms with Crippen LogP contribution in [-0.2, 0) is 20.7 Å². The number of hydrogen-bond acceptors (Lipinski definition) is 6. The molecule has 0 bridgehead atoms. The molecule has 2 rings (SSSR count). The average molecular weight is 285 g/mol. The van der Waals surface area contributed by atoms with Crippen molar-refractivity contribution in [2.45, 2.75) is 24.8 Å². The van der Waals surface area contributed by atoms with E-state index in [9.17, 15) is 14.7 Å². The van der Waals surface area contributed by atoms with Crippen molar-refractivity contribution >= 4 is 28.3 Å². The number of anilines is 1. The molecule has 1 fully saturated rings. The van der Waals surface area contributed by atoms with E-state index in [0.717, 1.165) is 0 Å². The van der Waals surface area contributed by atoms with Gasteiger partial charge >= 0.3 is 5.97 Å². The summed E-state index contributed by atoms with van der Waals surface area (Å²) in [5.41, 5.74) is 4.80. The van der Waals surface area contributed by atoms with Crippen molar-refractivity contribution in [3.8, 4) is 0 Å². The third-order valence-corrected chi connectivity index (χ3v) is 3.77. The predicted octanol–water partition coefficient (Wildman–Crippen LogP) is 0.0178. The molecule has 2 heterocycles. The summed E-state index contributed by atoms with van der Waals surface area (Å²) in [5, 5.41) is 14.0. The van der Waals surface area contributed by atoms with Crippen molar-refractivity contribution in [3.05, 3.63) is 11.1 Å². The van der Waals surface area contributed by atoms with E-state index in [2.05, 4.69) is 10.3 Å². The van der Waals surface area contributed by atoms with Crippen LogP contribution in [0.3, 0.4) is 0 Å². The van der Waals surface area contributed by atoms with Crippen molar-refractivity contribution in [3.63, 3.8) is 0 Å². The topological polar surface area (TPSA) is 115 Å². The Morgan fingerprint density at radius 2 is 2.21 bits per heavy atom. The van der Waals surface area contributed by atoms with Gasteiger partial charge in [-0.2, -0.15) is 0 Å². The molecule has 0 unspecified atom stereocenters. The first-order chi connectivity index (χ1) is 9.02. The molecule has 1 saturated heterocycles. The second kappa shape index (κ2) is 5.54. The molecule has 0 aromatic carbocycles. The van der Waals surface area contributed by atoms with Gasteiger partial charge in [0.25, 0.3) is 0 Å². The Hall–Kier alpha value is -1.67. The number of carbonyl (C=O) groups excluding carboxylic acids is 1. The second-order valence-corrected chi connectivity index (χ2v) is 5.29. The molecule has 1 aromatic rings. The molecular formula is C11H15N3O4S. The Labute approximate surface area is 113 Å². The van der Waals surface area contributed by atoms with Crippen LogP contribution in [0.5, 0.6) is 0 Å². The molecule has 19 heavy (non-hydrogen) atoms. The zero-order valence-corrected chi connectivity index (χ0v) is 11.0. The van der Waals surface area contributed by atoms with Crippen LogP contribution >= 0.6 is 11.3 Å². The van der Waals surface area contributed by atoms with Gasteiger partial charge in [0.2, 0.25) is 5.91 Å². The Morgan fingerprint density at radius 3 is 2.74 bits per heavy atom. The molecule has 1 amide bonds. The molecule has 1 aliphatic heterocycles. The molecule has 0 radical (unpaired) electrons. The third-order valence-electron chi connectivity index (χ3n) is 3.05. The quantitative estimate of drug-likeness (QED) is 0.718. The first-order valence-electron chi connectivity index (χ1n) is 5.84. The summed E-state index contributed by atoms with van der Waals surface area (Å²) in [5.74, 6) is -1.39. The normalized spacial score (nSPS) is 17.9. The van der Waals surface area contributed by atoms with Crippen molar-refractivity contribution in [1.29, 1.82) is 0 Å². The van der Waals surface area contributed by atoms with Crippen molar-refractivity contribution in [2.75, 3.05) is 18.9 Å². The molecule has 8 heteroatoms. The highest BCUT2D eigenvalue weighted by molar-refractivity contribution is 7.13. The number of nitrogen functional groups attached to an aromatic ring is 1. The van der Waals surface area contributed by atoms with Crippen molar-refractivity contribution in [1.82, 2.24) is 10.3 Å². The zero-order chi connectivity index (χ0) is 13.9. The number of nitrogens with two attached hydrogens (primary N) is 1. The van der Waals surface area contributed by atoms with Gasteiger partial charge in [-0.3, -0.25) is 4.79 Å². The number of carboxylic acid groups (broad SMARTS) is 1. The summed E-state index contributed by atoms with van der Waals surface area (Å²) in [6, 6.07) is 0. The van der Waals surface area contributed by atoms with Crippen LogP contribution in [0.4, 0.5) is 5.13 Å². The zero-order valence-electron chi connectivity index (χ0n) is 10.2. The lowest BCUT2D eigenvalue weighted by atomic mass is 9.90. The first kappa shape index (κ1) is 13.8. The molecule has 104 valence electrons. The van der Waals surface area contributed by atoms with E-state index in [1.165, 1.54) is 11.3 Å². The van der Waals surface area contributed by atoms with Gasteiger partial charge < -0.3 is 20.9 Å². The van der Waals surface area contributed by atoms with E-state index in [0.29, 0.717) is 24.0 Å². The van der Waals surface area contributed by atoms with Crippen LogP contribution in [0.15, 0.2) is 5.38 Å². The fraction of sp³-hybridized carbons (Fsp3) is 0.545. The van der Waals surface area contributed by atoms with Gasteiger partial charge in [-0.25, -0.2) is 9.78 Å². The fourth-order valence-corrected chi connectivity index (χ4v) is 2.55. The third kappa shape index (κ3) is 3.21. The number of carboxylic acids is 1. The van der Waals surface area contributed by atoms with Crippen LogP contribution < -0.4 is 11.1 Å². The molecule has 7 nitrogen and oxygen atoms in total. The van der Waals surface area contributed by atoms with Crippen LogP contribution in [0, 0.1) is 0 Å². The van der Waals surface area contributed by atoms with E-state index in [4.69, 9.17) is 10.5 Å². The van der Waals surface area contributed by atoms with Crippen LogP contribution in [0.25, 0.3) is 0 Å². The number of nitrogens with zero attached hydrogens (tertiary/aromatic N) is 1. The number of thiazole rings is 1. The van der Waals surface area contributed by atoms with E-state index in [-0.39, 0.29) is 25.2 Å². The Kier molecular flexibility index (Phi) is 4.01. The van der Waals surface area contributed by atoms with Crippen LogP contribution in [0.2, 0.25) is 0 Å². The minimum Gasteiger partial charge on any atom is -0.480 e. The standard InChI is InChI=1S/C11H15N3O4S/c12-10-13-7(6-19-10)5-8(15)14-11(9(16)17)1-3-18-4-2-11/h6H,1-5H2,(H2,12,13)(H,14,15)(H,16,17). The molecule has 0 atom stereocenters. The highest BCUT2D eigenvalue weighted by Gasteiger charge is 2.41. The largest absolute Gasteiger partial charge is 0.480 e. The molecule has 1 aromatic heterocycles. The summed E-state index contributed by atoms with van der Waals surface area (Å²) in [6.07, 6.45) is 0.574. The second-order valence-electron chi connectivity index (χ2n) is 4.40. The Morgan fingerprint density at radius 1 is 1.53 bits per heavy atom. The van der Waals surface area contributed by atoms with E-state index >= 15 is 0 Å². The van der Waals surface area contributed by atoms with Gasteiger partial charge in [0.1, 0.15) is 5.54 Å². The summed E-state index contributed by atoms with van der Waals surface area (Å²) < 4.78 is 5.14. The average Bonchev–Trinajstić information content (AvgIpc) is 2.75. The highest BCUT2D eigenvalue weighted by atomic mass is 32.1. The fourth-order valence-electron chi connectivity index (χ4n) is 1.99. The monoisotopic (exact) mass is 285 g/mol. The van der Waals surface area contributed by atoms with Crippen molar-refractivity contribution < 1.29 is 19.4 Å². The molecule has 0 saturated carbocycles. The number of amides is 1. The molecular weight excluding hydrogens is 270 g/mol. The first-order valence-corrected chi connectivity index (χ1v) is 6.72. The van der Waals surface area contributed by atoms with Gasteiger partial charge in [0.05, 0.1) is 12.1 Å². The number of nitrogens with one attached hydrogen (secondary N) is 1. The SMILES string of the molecule is Nc1nc(CC(=O)NC2(C(=O)O)CCOCC2)cs1. The van der Waals surface area contributed by atoms with E-state index < -0.39 is 11.5 Å². The lowest BCUT2D eigenvalue weighted by molar-refractivity contribution is -0.152. The number of hydrogen-bond donors (Lipinski definition) is 3. The number of rotatable bonds is 4. The Bertz CT molecular complexity index is 482. The summed E-state index contributed by atoms with van der Waals surface area (Å²) in [6.45, 7) is 0.659. The summed E-state index contributed by atoms with van der Waals surface area (Å²) in [4.78, 5) is 27.2. The van der Waals surface area contributed by atoms with Crippen LogP contribution in [-0.4, -0.2) is 40.7 Å². The van der Waals surface area contributed by atoms with Gasteiger partial charge in [0.15, 0.2) is 5.13 Å². The van der Waals surface area contributed by atoms with Gasteiger partial charge in [-0.1, -0.05) is 0 Å². The van der Waals surface area contributed by atoms with Crippen LogP contribution in [0.1, 0.15) is 18.5 Å². The molecule has 1 aliphatic rings. The summed E-state index contributed by atoms with van der Waals surface area (Å²) in [7, 11) is 0. The number of aromatic nitrogens is 1. The summed E-state index contributed by atoms with van der Waals surface area (Å²) >= 11 is 1.25. The smallest absolute Gasteiger partial charge is 0.329 e. The van der Waals surface area contributed by atoms with Gasteiger partial charge in [-0.05, 0) is 0 Å². The minimum atomic E-state index is -1.23. The number of carbonyl (C=O) groups is 2. The lowest BCUT2D eigenvalue weighted by Gasteiger charge is -2.33. The minimum absolute atomic E-state index is 0.0313. The van der Waals surface area contributed by atoms with E-state index in [1.807, 2.05) is 0 Å². The lowest BCUT2D eigenvalue weighted by Crippen LogP contribution is -2.57. The van der Waals surface area contributed by atoms with Gasteiger partial charge in [-0.15, -0.1) is 11.3 Å². The Balaban J connectivity index is 2.01. The predicted molar refractivity (Wildman–Crippen MR) is 68.8 cm³/mol. The van der Waals surface area contributed by atoms with Crippen molar-refractivity contribution in [2.24, 2.45) is 0 Å². The molecule has 0 aliphatic carbocycles. The maximum absolute atomic E-state index is 11.9. The molecule has 4 N–H and O–H groups in total.